The molecule has 84 valence electrons. The zero-order valence-corrected chi connectivity index (χ0v) is 8.56. The molecule has 0 aliphatic rings. The van der Waals surface area contributed by atoms with Crippen molar-refractivity contribution >= 4 is 8.25 Å². The summed E-state index contributed by atoms with van der Waals surface area (Å²) in [6, 6.07) is 0. The monoisotopic (exact) mass is 245 g/mol. The van der Waals surface area contributed by atoms with E-state index in [1.54, 1.807) is 0 Å². The molecular weight excluding hydrogens is 239 g/mol. The Morgan fingerprint density at radius 2 is 1.50 bits per heavy atom. The molecule has 0 aliphatic heterocycles. The van der Waals surface area contributed by atoms with Crippen LogP contribution in [0.3, 0.4) is 0 Å². The van der Waals surface area contributed by atoms with Crippen LogP contribution >= 0.6 is 8.25 Å². The molecule has 0 fully saturated rings. The van der Waals surface area contributed by atoms with Gasteiger partial charge < -0.3 is 10.4 Å². The molecule has 0 saturated heterocycles. The molecule has 16 heavy (non-hydrogen) atoms. The van der Waals surface area contributed by atoms with Crippen LogP contribution in [0.25, 0.3) is 0 Å². The summed E-state index contributed by atoms with van der Waals surface area (Å²) in [5.74, 6) is 0.167. The number of rotatable bonds is 4. The summed E-state index contributed by atoms with van der Waals surface area (Å²) in [4.78, 5) is 1.01. The first-order chi connectivity index (χ1) is 7.63. The minimum Gasteiger partial charge on any atom is -0.412 e. The first-order valence-electron chi connectivity index (χ1n) is 3.94. The number of hydrogen-bond donors (Lipinski definition) is 2. The lowest BCUT2D eigenvalue weighted by Crippen LogP contribution is -1.89. The van der Waals surface area contributed by atoms with Gasteiger partial charge in [-0.1, -0.05) is 0 Å². The van der Waals surface area contributed by atoms with E-state index in [-0.39, 0.29) is 11.5 Å². The first kappa shape index (κ1) is 10.2. The summed E-state index contributed by atoms with van der Waals surface area (Å²) in [5.41, 5.74) is 0. The second-order valence-corrected chi connectivity index (χ2v) is 3.41. The number of hydrogen-bond acceptors (Lipinski definition) is 7. The Hall–Kier alpha value is -2.28. The van der Waals surface area contributed by atoms with Crippen LogP contribution in [0.4, 0.5) is 0 Å². The highest BCUT2D eigenvalue weighted by atomic mass is 31.1. The van der Waals surface area contributed by atoms with E-state index >= 15 is 0 Å². The summed E-state index contributed by atoms with van der Waals surface area (Å²) in [6.45, 7) is 0. The van der Waals surface area contributed by atoms with Gasteiger partial charge in [0.1, 0.15) is 24.8 Å². The highest BCUT2D eigenvalue weighted by Gasteiger charge is 2.26. The normalized spacial score (nSPS) is 10.0. The predicted octanol–water partition coefficient (Wildman–Crippen LogP) is 0.669. The van der Waals surface area contributed by atoms with E-state index in [0.29, 0.717) is 9.69 Å². The van der Waals surface area contributed by atoms with Crippen LogP contribution in [0.1, 0.15) is 0 Å². The smallest absolute Gasteiger partial charge is 0.412 e. The van der Waals surface area contributed by atoms with Gasteiger partial charge in [0.2, 0.25) is 11.5 Å². The maximum atomic E-state index is 11.3. The minimum atomic E-state index is -2.49. The third-order valence-electron chi connectivity index (χ3n) is 1.45. The number of nitrogens with zero attached hydrogens (tertiary/aromatic N) is 4. The quantitative estimate of drug-likeness (QED) is 0.601. The van der Waals surface area contributed by atoms with Crippen LogP contribution in [-0.2, 0) is 4.57 Å². The van der Waals surface area contributed by atoms with Gasteiger partial charge in [0.15, 0.2) is 0 Å². The Bertz CT molecular complexity index is 464. The summed E-state index contributed by atoms with van der Waals surface area (Å²) in [7, 11) is -2.49. The molecule has 2 aromatic rings. The molecular formula is C6H6N4O5P+. The molecule has 0 atom stereocenters. The predicted molar refractivity (Wildman–Crippen MR) is 47.7 cm³/mol. The maximum absolute atomic E-state index is 11.3. The van der Waals surface area contributed by atoms with Crippen LogP contribution < -0.4 is 9.05 Å². The third-order valence-corrected chi connectivity index (χ3v) is 2.17. The SMILES string of the molecule is O=[P+](Oc1cnn(O)c1)Oc1cnn(O)c1. The Labute approximate surface area is 89.3 Å². The van der Waals surface area contributed by atoms with Crippen molar-refractivity contribution in [3.05, 3.63) is 24.8 Å². The van der Waals surface area contributed by atoms with E-state index in [4.69, 9.17) is 19.5 Å². The van der Waals surface area contributed by atoms with Gasteiger partial charge in [-0.25, -0.2) is 9.05 Å². The second-order valence-electron chi connectivity index (χ2n) is 2.60. The van der Waals surface area contributed by atoms with Crippen molar-refractivity contribution in [2.24, 2.45) is 0 Å². The summed E-state index contributed by atoms with van der Waals surface area (Å²) < 4.78 is 20.8. The van der Waals surface area contributed by atoms with Crippen LogP contribution in [0.15, 0.2) is 24.8 Å². The average Bonchev–Trinajstić information content (AvgIpc) is 2.76. The van der Waals surface area contributed by atoms with E-state index in [1.165, 1.54) is 0 Å². The molecule has 0 bridgehead atoms. The van der Waals surface area contributed by atoms with Crippen LogP contribution in [0.2, 0.25) is 0 Å². The molecule has 9 nitrogen and oxygen atoms in total. The van der Waals surface area contributed by atoms with Crippen molar-refractivity contribution in [2.45, 2.75) is 0 Å². The summed E-state index contributed by atoms with van der Waals surface area (Å²) >= 11 is 0. The van der Waals surface area contributed by atoms with Crippen molar-refractivity contribution in [1.29, 1.82) is 0 Å². The summed E-state index contributed by atoms with van der Waals surface area (Å²) in [6.07, 6.45) is 4.52. The third kappa shape index (κ3) is 2.39. The molecule has 2 N–H and O–H groups in total. The standard InChI is InChI=1S/C6H6N4O5P/c11-9-3-5(1-7-9)14-16(13)15-6-2-8-10(12)4-6/h1-4,11-12H/q+1. The van der Waals surface area contributed by atoms with Crippen molar-refractivity contribution in [2.75, 3.05) is 0 Å². The Morgan fingerprint density at radius 3 is 1.81 bits per heavy atom. The molecule has 0 aromatic carbocycles. The topological polar surface area (TPSA) is 112 Å². The van der Waals surface area contributed by atoms with E-state index in [9.17, 15) is 4.57 Å². The van der Waals surface area contributed by atoms with Gasteiger partial charge in [0.05, 0.1) is 0 Å². The van der Waals surface area contributed by atoms with Crippen molar-refractivity contribution in [3.8, 4) is 11.5 Å². The first-order valence-corrected chi connectivity index (χ1v) is 5.04. The Morgan fingerprint density at radius 1 is 1.06 bits per heavy atom. The van der Waals surface area contributed by atoms with Gasteiger partial charge in [0, 0.05) is 4.57 Å². The highest BCUT2D eigenvalue weighted by molar-refractivity contribution is 7.34. The molecule has 0 unspecified atom stereocenters. The minimum absolute atomic E-state index is 0.0833. The van der Waals surface area contributed by atoms with Gasteiger partial charge >= 0.3 is 8.25 Å². The fraction of sp³-hybridized carbons (Fsp3) is 0. The molecule has 2 rings (SSSR count). The average molecular weight is 245 g/mol. The lowest BCUT2D eigenvalue weighted by atomic mass is 10.7. The fourth-order valence-corrected chi connectivity index (χ4v) is 1.45. The number of aromatic nitrogens is 4. The van der Waals surface area contributed by atoms with Gasteiger partial charge in [-0.15, -0.1) is 19.9 Å². The maximum Gasteiger partial charge on any atom is 0.805 e. The summed E-state index contributed by atoms with van der Waals surface area (Å²) in [5, 5.41) is 24.4. The van der Waals surface area contributed by atoms with Crippen molar-refractivity contribution < 1.29 is 24.0 Å². The zero-order valence-electron chi connectivity index (χ0n) is 7.66. The second kappa shape index (κ2) is 4.07. The van der Waals surface area contributed by atoms with Crippen molar-refractivity contribution in [1.82, 2.24) is 19.9 Å². The van der Waals surface area contributed by atoms with Gasteiger partial charge in [0.25, 0.3) is 0 Å². The molecule has 10 heteroatoms. The molecule has 2 aromatic heterocycles. The van der Waals surface area contributed by atoms with E-state index in [2.05, 4.69) is 10.2 Å². The van der Waals surface area contributed by atoms with E-state index < -0.39 is 8.25 Å². The van der Waals surface area contributed by atoms with Gasteiger partial charge in [-0.3, -0.25) is 0 Å². The fourth-order valence-electron chi connectivity index (χ4n) is 0.878. The van der Waals surface area contributed by atoms with Crippen LogP contribution in [0.5, 0.6) is 11.5 Å². The lowest BCUT2D eigenvalue weighted by Gasteiger charge is -1.85. The van der Waals surface area contributed by atoms with E-state index in [1.807, 2.05) is 0 Å². The molecule has 0 radical (unpaired) electrons. The molecule has 0 amide bonds. The van der Waals surface area contributed by atoms with E-state index in [0.717, 1.165) is 24.8 Å². The Kier molecular flexibility index (Phi) is 2.61. The molecule has 0 saturated carbocycles. The molecule has 0 spiro atoms. The zero-order chi connectivity index (χ0) is 11.5. The van der Waals surface area contributed by atoms with Crippen LogP contribution in [-0.4, -0.2) is 30.3 Å². The van der Waals surface area contributed by atoms with Crippen LogP contribution in [0, 0.1) is 0 Å². The lowest BCUT2D eigenvalue weighted by molar-refractivity contribution is 0.148. The highest BCUT2D eigenvalue weighted by Crippen LogP contribution is 2.29. The molecule has 2 heterocycles. The van der Waals surface area contributed by atoms with Gasteiger partial charge in [-0.2, -0.15) is 0 Å². The van der Waals surface area contributed by atoms with Crippen molar-refractivity contribution in [3.63, 3.8) is 0 Å². The van der Waals surface area contributed by atoms with Gasteiger partial charge in [-0.05, 0) is 0 Å². The Balaban J connectivity index is 1.94. The molecule has 0 aliphatic carbocycles. The largest absolute Gasteiger partial charge is 0.805 e.